The van der Waals surface area contributed by atoms with E-state index in [2.05, 4.69) is 0 Å². The summed E-state index contributed by atoms with van der Waals surface area (Å²) in [6, 6.07) is 3.16. The lowest BCUT2D eigenvalue weighted by Gasteiger charge is -2.23. The van der Waals surface area contributed by atoms with Crippen LogP contribution in [-0.2, 0) is 11.8 Å². The van der Waals surface area contributed by atoms with Gasteiger partial charge in [-0.05, 0) is 30.9 Å². The first kappa shape index (κ1) is 13.9. The van der Waals surface area contributed by atoms with Crippen LogP contribution in [0.1, 0.15) is 29.6 Å². The van der Waals surface area contributed by atoms with Gasteiger partial charge in [0.1, 0.15) is 5.56 Å². The minimum atomic E-state index is -0.818. The minimum absolute atomic E-state index is 0.00603. The van der Waals surface area contributed by atoms with Gasteiger partial charge < -0.3 is 14.6 Å². The van der Waals surface area contributed by atoms with Crippen molar-refractivity contribution >= 4 is 11.9 Å². The molecule has 2 aliphatic rings. The fraction of sp³-hybridized carbons (Fsp3) is 0.533. The van der Waals surface area contributed by atoms with Crippen molar-refractivity contribution in [3.8, 4) is 0 Å². The van der Waals surface area contributed by atoms with Crippen molar-refractivity contribution in [2.75, 3.05) is 13.1 Å². The normalized spacial score (nSPS) is 27.7. The number of rotatable bonds is 2. The number of aromatic nitrogens is 1. The molecule has 6 heteroatoms. The van der Waals surface area contributed by atoms with Crippen LogP contribution >= 0.6 is 0 Å². The molecule has 0 radical (unpaired) electrons. The van der Waals surface area contributed by atoms with Gasteiger partial charge in [0.25, 0.3) is 11.5 Å². The zero-order valence-electron chi connectivity index (χ0n) is 11.9. The summed E-state index contributed by atoms with van der Waals surface area (Å²) in [6.45, 7) is 0.646. The van der Waals surface area contributed by atoms with Crippen molar-refractivity contribution < 1.29 is 14.7 Å². The monoisotopic (exact) mass is 290 g/mol. The summed E-state index contributed by atoms with van der Waals surface area (Å²) in [5.41, 5.74) is -1.04. The minimum Gasteiger partial charge on any atom is -0.481 e. The van der Waals surface area contributed by atoms with Crippen LogP contribution in [0.5, 0.6) is 0 Å². The number of carboxylic acids is 1. The van der Waals surface area contributed by atoms with Crippen LogP contribution in [0.15, 0.2) is 23.1 Å². The molecule has 21 heavy (non-hydrogen) atoms. The Bertz CT molecular complexity index is 666. The fourth-order valence-electron chi connectivity index (χ4n) is 3.72. The Morgan fingerprint density at radius 3 is 2.86 bits per heavy atom. The largest absolute Gasteiger partial charge is 0.481 e. The van der Waals surface area contributed by atoms with E-state index in [0.29, 0.717) is 13.0 Å². The summed E-state index contributed by atoms with van der Waals surface area (Å²) in [6.07, 6.45) is 3.94. The molecular formula is C15H18N2O4. The summed E-state index contributed by atoms with van der Waals surface area (Å²) < 4.78 is 1.36. The Morgan fingerprint density at radius 1 is 1.43 bits per heavy atom. The van der Waals surface area contributed by atoms with Crippen molar-refractivity contribution in [1.29, 1.82) is 0 Å². The molecule has 1 aliphatic carbocycles. The second-order valence-electron chi connectivity index (χ2n) is 6.07. The molecule has 112 valence electrons. The molecule has 2 heterocycles. The number of carbonyl (C=O) groups excluding carboxylic acids is 1. The summed E-state index contributed by atoms with van der Waals surface area (Å²) in [5.74, 6) is -1.17. The van der Waals surface area contributed by atoms with Gasteiger partial charge in [0.05, 0.1) is 5.41 Å². The van der Waals surface area contributed by atoms with Crippen LogP contribution in [0.25, 0.3) is 0 Å². The number of pyridine rings is 1. The topological polar surface area (TPSA) is 79.6 Å². The maximum absolute atomic E-state index is 12.5. The van der Waals surface area contributed by atoms with Gasteiger partial charge >= 0.3 is 5.97 Å². The zero-order valence-corrected chi connectivity index (χ0v) is 11.9. The Labute approximate surface area is 122 Å². The van der Waals surface area contributed by atoms with E-state index in [0.717, 1.165) is 12.8 Å². The number of carbonyl (C=O) groups is 2. The number of hydrogen-bond acceptors (Lipinski definition) is 3. The van der Waals surface area contributed by atoms with Gasteiger partial charge in [-0.2, -0.15) is 0 Å². The highest BCUT2D eigenvalue weighted by atomic mass is 16.4. The maximum Gasteiger partial charge on any atom is 0.311 e. The quantitative estimate of drug-likeness (QED) is 0.870. The van der Waals surface area contributed by atoms with E-state index in [1.165, 1.54) is 15.5 Å². The van der Waals surface area contributed by atoms with Crippen LogP contribution in [0, 0.1) is 11.3 Å². The second kappa shape index (κ2) is 4.72. The molecule has 1 N–H and O–H groups in total. The molecule has 0 aromatic carbocycles. The van der Waals surface area contributed by atoms with Crippen molar-refractivity contribution in [3.63, 3.8) is 0 Å². The van der Waals surface area contributed by atoms with Crippen molar-refractivity contribution in [2.45, 2.75) is 19.3 Å². The van der Waals surface area contributed by atoms with Gasteiger partial charge in [0.2, 0.25) is 0 Å². The van der Waals surface area contributed by atoms with E-state index < -0.39 is 11.4 Å². The van der Waals surface area contributed by atoms with Crippen molar-refractivity contribution in [1.82, 2.24) is 9.47 Å². The highest BCUT2D eigenvalue weighted by molar-refractivity contribution is 5.94. The highest BCUT2D eigenvalue weighted by Gasteiger charge is 2.55. The molecule has 0 spiro atoms. The molecule has 2 atom stereocenters. The van der Waals surface area contributed by atoms with Gasteiger partial charge in [-0.3, -0.25) is 14.4 Å². The van der Waals surface area contributed by atoms with Crippen LogP contribution < -0.4 is 5.56 Å². The van der Waals surface area contributed by atoms with Crippen molar-refractivity contribution in [3.05, 3.63) is 34.2 Å². The molecule has 1 aromatic rings. The standard InChI is InChI=1S/C15H18N2O4/c1-16-7-3-5-11(12(16)18)13(19)17-8-10-4-2-6-15(10,9-17)14(20)21/h3,5,7,10H,2,4,6,8-9H2,1H3,(H,20,21)/t10-,15+/m0/s1. The fourth-order valence-corrected chi connectivity index (χ4v) is 3.72. The van der Waals surface area contributed by atoms with Crippen LogP contribution in [0.3, 0.4) is 0 Å². The molecule has 1 aliphatic heterocycles. The average molecular weight is 290 g/mol. The van der Waals surface area contributed by atoms with E-state index in [1.54, 1.807) is 19.3 Å². The third kappa shape index (κ3) is 1.97. The van der Waals surface area contributed by atoms with Gasteiger partial charge in [0.15, 0.2) is 0 Å². The highest BCUT2D eigenvalue weighted by Crippen LogP contribution is 2.49. The number of amides is 1. The first-order valence-electron chi connectivity index (χ1n) is 7.14. The Kier molecular flexibility index (Phi) is 3.11. The molecule has 0 unspecified atom stereocenters. The predicted octanol–water partition coefficient (Wildman–Crippen LogP) is 0.712. The van der Waals surface area contributed by atoms with E-state index in [4.69, 9.17) is 0 Å². The first-order chi connectivity index (χ1) is 9.95. The average Bonchev–Trinajstić information content (AvgIpc) is 2.98. The molecule has 6 nitrogen and oxygen atoms in total. The number of aryl methyl sites for hydroxylation is 1. The van der Waals surface area contributed by atoms with Gasteiger partial charge in [0, 0.05) is 26.3 Å². The lowest BCUT2D eigenvalue weighted by atomic mass is 9.81. The lowest BCUT2D eigenvalue weighted by molar-refractivity contribution is -0.149. The van der Waals surface area contributed by atoms with Gasteiger partial charge in [-0.15, -0.1) is 0 Å². The number of fused-ring (bicyclic) bond motifs is 1. The first-order valence-corrected chi connectivity index (χ1v) is 7.14. The van der Waals surface area contributed by atoms with E-state index in [9.17, 15) is 19.5 Å². The number of carboxylic acid groups (broad SMARTS) is 1. The summed E-state index contributed by atoms with van der Waals surface area (Å²) in [5, 5.41) is 9.54. The third-order valence-electron chi connectivity index (χ3n) is 4.94. The van der Waals surface area contributed by atoms with Crippen LogP contribution in [0.4, 0.5) is 0 Å². The molecule has 1 aromatic heterocycles. The molecule has 1 saturated heterocycles. The summed E-state index contributed by atoms with van der Waals surface area (Å²) in [7, 11) is 1.59. The smallest absolute Gasteiger partial charge is 0.311 e. The Hall–Kier alpha value is -2.11. The lowest BCUT2D eigenvalue weighted by Crippen LogP contribution is -2.39. The predicted molar refractivity (Wildman–Crippen MR) is 75.0 cm³/mol. The van der Waals surface area contributed by atoms with Gasteiger partial charge in [-0.25, -0.2) is 0 Å². The van der Waals surface area contributed by atoms with Gasteiger partial charge in [-0.1, -0.05) is 6.42 Å². The number of nitrogens with zero attached hydrogens (tertiary/aromatic N) is 2. The third-order valence-corrected chi connectivity index (χ3v) is 4.94. The number of hydrogen-bond donors (Lipinski definition) is 1. The van der Waals surface area contributed by atoms with E-state index >= 15 is 0 Å². The zero-order chi connectivity index (χ0) is 15.2. The van der Waals surface area contributed by atoms with Crippen LogP contribution in [0.2, 0.25) is 0 Å². The number of likely N-dealkylation sites (tertiary alicyclic amines) is 1. The molecule has 2 fully saturated rings. The molecule has 0 bridgehead atoms. The SMILES string of the molecule is Cn1cccc(C(=O)N2C[C@@H]3CCC[C@@]3(C(=O)O)C2)c1=O. The molecule has 1 saturated carbocycles. The summed E-state index contributed by atoms with van der Waals surface area (Å²) >= 11 is 0. The molecule has 1 amide bonds. The molecular weight excluding hydrogens is 272 g/mol. The molecule has 3 rings (SSSR count). The number of aliphatic carboxylic acids is 1. The van der Waals surface area contributed by atoms with E-state index in [-0.39, 0.29) is 29.5 Å². The Balaban J connectivity index is 1.90. The second-order valence-corrected chi connectivity index (χ2v) is 6.07. The maximum atomic E-state index is 12.5. The van der Waals surface area contributed by atoms with Crippen LogP contribution in [-0.4, -0.2) is 39.5 Å². The van der Waals surface area contributed by atoms with Crippen molar-refractivity contribution in [2.24, 2.45) is 18.4 Å². The van der Waals surface area contributed by atoms with E-state index in [1.807, 2.05) is 0 Å². The Morgan fingerprint density at radius 2 is 2.19 bits per heavy atom. The summed E-state index contributed by atoms with van der Waals surface area (Å²) in [4.78, 5) is 37.7.